The van der Waals surface area contributed by atoms with Gasteiger partial charge in [-0.1, -0.05) is 49.0 Å². The second-order valence-electron chi connectivity index (χ2n) is 5.88. The van der Waals surface area contributed by atoms with E-state index in [4.69, 9.17) is 0 Å². The average molecular weight is 390 g/mol. The Morgan fingerprint density at radius 2 is 1.81 bits per heavy atom. The number of nitrogens with zero attached hydrogens (tertiary/aromatic N) is 1. The van der Waals surface area contributed by atoms with Crippen molar-refractivity contribution < 1.29 is 18.0 Å². The van der Waals surface area contributed by atoms with E-state index in [1.165, 1.54) is 30.0 Å². The molecule has 2 aromatic carbocycles. The highest BCUT2D eigenvalue weighted by Gasteiger charge is 2.33. The molecule has 140 valence electrons. The molecule has 0 bridgehead atoms. The highest BCUT2D eigenvalue weighted by molar-refractivity contribution is 8.00. The minimum atomic E-state index is -4.52. The number of anilines is 1. The number of thioether (sulfide) groups is 1. The summed E-state index contributed by atoms with van der Waals surface area (Å²) in [6.45, 7) is 2.00. The van der Waals surface area contributed by atoms with E-state index in [0.717, 1.165) is 34.0 Å². The van der Waals surface area contributed by atoms with E-state index >= 15 is 0 Å². The summed E-state index contributed by atoms with van der Waals surface area (Å²) in [7, 11) is 0. The van der Waals surface area contributed by atoms with Crippen LogP contribution in [0.5, 0.6) is 0 Å². The van der Waals surface area contributed by atoms with E-state index < -0.39 is 17.6 Å². The quantitative estimate of drug-likeness (QED) is 0.581. The summed E-state index contributed by atoms with van der Waals surface area (Å²) in [5, 5.41) is 4.09. The number of aromatic nitrogens is 1. The molecule has 0 aliphatic carbocycles. The Morgan fingerprint density at radius 3 is 2.56 bits per heavy atom. The molecule has 0 saturated carbocycles. The number of benzene rings is 2. The molecule has 0 aliphatic heterocycles. The highest BCUT2D eigenvalue weighted by atomic mass is 32.2. The van der Waals surface area contributed by atoms with Gasteiger partial charge in [0.25, 0.3) is 0 Å². The Morgan fingerprint density at radius 1 is 1.11 bits per heavy atom. The highest BCUT2D eigenvalue weighted by Crippen LogP contribution is 2.34. The number of alkyl halides is 3. The van der Waals surface area contributed by atoms with Crippen LogP contribution < -0.4 is 5.32 Å². The molecular formula is C20H17F3N2OS. The van der Waals surface area contributed by atoms with Crippen LogP contribution in [0.25, 0.3) is 10.9 Å². The van der Waals surface area contributed by atoms with Gasteiger partial charge in [-0.2, -0.15) is 13.2 Å². The molecule has 7 heteroatoms. The SMILES string of the molecule is CCc1cc2ccccc2nc1SCC(=O)Nc1ccccc1C(F)(F)F. The molecule has 3 rings (SSSR count). The molecule has 0 fully saturated rings. The molecule has 3 aromatic rings. The number of rotatable bonds is 5. The Bertz CT molecular complexity index is 973. The van der Waals surface area contributed by atoms with Crippen molar-refractivity contribution in [3.63, 3.8) is 0 Å². The van der Waals surface area contributed by atoms with E-state index in [1.807, 2.05) is 37.3 Å². The van der Waals surface area contributed by atoms with Crippen LogP contribution in [0.4, 0.5) is 18.9 Å². The molecule has 0 radical (unpaired) electrons. The molecule has 0 saturated heterocycles. The summed E-state index contributed by atoms with van der Waals surface area (Å²) in [6, 6.07) is 14.6. The minimum Gasteiger partial charge on any atom is -0.325 e. The van der Waals surface area contributed by atoms with E-state index in [-0.39, 0.29) is 11.4 Å². The van der Waals surface area contributed by atoms with Crippen LogP contribution in [0.2, 0.25) is 0 Å². The molecule has 3 nitrogen and oxygen atoms in total. The zero-order chi connectivity index (χ0) is 19.4. The predicted molar refractivity (Wildman–Crippen MR) is 102 cm³/mol. The summed E-state index contributed by atoms with van der Waals surface area (Å²) >= 11 is 1.22. The standard InChI is InChI=1S/C20H17F3N2OS/c1-2-13-11-14-7-3-5-9-16(14)25-19(13)27-12-18(26)24-17-10-6-4-8-15(17)20(21,22)23/h3-11H,2,12H2,1H3,(H,24,26). The lowest BCUT2D eigenvalue weighted by atomic mass is 10.1. The van der Waals surface area contributed by atoms with E-state index in [0.29, 0.717) is 0 Å². The van der Waals surface area contributed by atoms with Crippen LogP contribution in [-0.2, 0) is 17.4 Å². The third kappa shape index (κ3) is 4.60. The van der Waals surface area contributed by atoms with Gasteiger partial charge in [0.05, 0.1) is 22.5 Å². The monoisotopic (exact) mass is 390 g/mol. The van der Waals surface area contributed by atoms with Gasteiger partial charge < -0.3 is 5.32 Å². The van der Waals surface area contributed by atoms with Crippen LogP contribution in [0.3, 0.4) is 0 Å². The molecule has 0 atom stereocenters. The first-order valence-corrected chi connectivity index (χ1v) is 9.34. The molecule has 0 aliphatic rings. The normalized spacial score (nSPS) is 11.6. The smallest absolute Gasteiger partial charge is 0.325 e. The zero-order valence-electron chi connectivity index (χ0n) is 14.5. The van der Waals surface area contributed by atoms with Gasteiger partial charge in [0.1, 0.15) is 5.03 Å². The van der Waals surface area contributed by atoms with Crippen LogP contribution in [0.1, 0.15) is 18.1 Å². The molecule has 1 heterocycles. The molecule has 27 heavy (non-hydrogen) atoms. The largest absolute Gasteiger partial charge is 0.418 e. The Hall–Kier alpha value is -2.54. The third-order valence-electron chi connectivity index (χ3n) is 3.99. The van der Waals surface area contributed by atoms with Gasteiger partial charge in [0, 0.05) is 5.39 Å². The number of hydrogen-bond acceptors (Lipinski definition) is 3. The second-order valence-corrected chi connectivity index (χ2v) is 6.84. The number of aryl methyl sites for hydroxylation is 1. The number of pyridine rings is 1. The summed E-state index contributed by atoms with van der Waals surface area (Å²) in [5.41, 5.74) is 0.724. The van der Waals surface area contributed by atoms with E-state index in [9.17, 15) is 18.0 Å². The topological polar surface area (TPSA) is 42.0 Å². The fourth-order valence-corrected chi connectivity index (χ4v) is 3.57. The van der Waals surface area contributed by atoms with Crippen molar-refractivity contribution in [3.8, 4) is 0 Å². The van der Waals surface area contributed by atoms with Crippen molar-refractivity contribution in [1.82, 2.24) is 4.98 Å². The van der Waals surface area contributed by atoms with Crippen LogP contribution in [0, 0.1) is 0 Å². The number of hydrogen-bond donors (Lipinski definition) is 1. The minimum absolute atomic E-state index is 0.0233. The lowest BCUT2D eigenvalue weighted by Gasteiger charge is -2.13. The zero-order valence-corrected chi connectivity index (χ0v) is 15.3. The molecule has 1 aromatic heterocycles. The van der Waals surface area contributed by atoms with Crippen molar-refractivity contribution in [2.45, 2.75) is 24.5 Å². The maximum atomic E-state index is 13.0. The first kappa shape index (κ1) is 19.2. The number of fused-ring (bicyclic) bond motifs is 1. The number of nitrogens with one attached hydrogen (secondary N) is 1. The van der Waals surface area contributed by atoms with Crippen molar-refractivity contribution in [1.29, 1.82) is 0 Å². The maximum Gasteiger partial charge on any atom is 0.418 e. The predicted octanol–water partition coefficient (Wildman–Crippen LogP) is 5.55. The van der Waals surface area contributed by atoms with E-state index in [1.54, 1.807) is 0 Å². The van der Waals surface area contributed by atoms with Crippen molar-refractivity contribution in [2.75, 3.05) is 11.1 Å². The molecule has 1 N–H and O–H groups in total. The third-order valence-corrected chi connectivity index (χ3v) is 5.02. The van der Waals surface area contributed by atoms with Crippen molar-refractivity contribution in [3.05, 3.63) is 65.7 Å². The van der Waals surface area contributed by atoms with Gasteiger partial charge in [0.15, 0.2) is 0 Å². The first-order valence-electron chi connectivity index (χ1n) is 8.36. The lowest BCUT2D eigenvalue weighted by Crippen LogP contribution is -2.18. The lowest BCUT2D eigenvalue weighted by molar-refractivity contribution is -0.137. The number of carbonyl (C=O) groups excluding carboxylic acids is 1. The summed E-state index contributed by atoms with van der Waals surface area (Å²) in [6.07, 6.45) is -3.77. The van der Waals surface area contributed by atoms with Crippen LogP contribution in [0.15, 0.2) is 59.6 Å². The van der Waals surface area contributed by atoms with Crippen molar-refractivity contribution in [2.24, 2.45) is 0 Å². The van der Waals surface area contributed by atoms with Gasteiger partial charge >= 0.3 is 6.18 Å². The maximum absolute atomic E-state index is 13.0. The van der Waals surface area contributed by atoms with Crippen molar-refractivity contribution >= 4 is 34.3 Å². The molecule has 0 spiro atoms. The van der Waals surface area contributed by atoms with Crippen LogP contribution in [-0.4, -0.2) is 16.6 Å². The number of halogens is 3. The van der Waals surface area contributed by atoms with Gasteiger partial charge in [0.2, 0.25) is 5.91 Å². The fourth-order valence-electron chi connectivity index (χ4n) is 2.68. The first-order chi connectivity index (χ1) is 12.9. The van der Waals surface area contributed by atoms with Gasteiger partial charge in [-0.05, 0) is 36.2 Å². The fraction of sp³-hybridized carbons (Fsp3) is 0.200. The Labute approximate surface area is 159 Å². The van der Waals surface area contributed by atoms with E-state index in [2.05, 4.69) is 10.3 Å². The Balaban J connectivity index is 1.74. The number of amides is 1. The number of para-hydroxylation sites is 2. The van der Waals surface area contributed by atoms with Crippen LogP contribution >= 0.6 is 11.8 Å². The summed E-state index contributed by atoms with van der Waals surface area (Å²) in [4.78, 5) is 16.8. The molecular weight excluding hydrogens is 373 g/mol. The average Bonchev–Trinajstić information content (AvgIpc) is 2.65. The molecule has 0 unspecified atom stereocenters. The van der Waals surface area contributed by atoms with Gasteiger partial charge in [-0.15, -0.1) is 0 Å². The Kier molecular flexibility index (Phi) is 5.70. The second kappa shape index (κ2) is 8.00. The van der Waals surface area contributed by atoms with Gasteiger partial charge in [-0.25, -0.2) is 4.98 Å². The summed E-state index contributed by atoms with van der Waals surface area (Å²) in [5.74, 6) is -0.529. The molecule has 1 amide bonds. The summed E-state index contributed by atoms with van der Waals surface area (Å²) < 4.78 is 39.1. The van der Waals surface area contributed by atoms with Gasteiger partial charge in [-0.3, -0.25) is 4.79 Å². The number of carbonyl (C=O) groups is 1.